The van der Waals surface area contributed by atoms with Crippen LogP contribution in [0.5, 0.6) is 0 Å². The molecular weight excluding hydrogens is 296 g/mol. The molecule has 6 nitrogen and oxygen atoms in total. The van der Waals surface area contributed by atoms with Crippen molar-refractivity contribution in [3.63, 3.8) is 0 Å². The lowest BCUT2D eigenvalue weighted by Crippen LogP contribution is -2.17. The first-order valence-electron chi connectivity index (χ1n) is 6.88. The largest absolute Gasteiger partial charge is 0.465 e. The standard InChI is InChI=1S/C17H14N2O4/c1-2-22-17(21)14-7-3-4-8-15(14)19-16(20)12(11-18)10-13-6-5-9-23-13/h3-10H,2H2,1H3,(H,19,20). The molecule has 23 heavy (non-hydrogen) atoms. The molecule has 0 spiro atoms. The minimum Gasteiger partial charge on any atom is -0.465 e. The molecule has 2 rings (SSSR count). The van der Waals surface area contributed by atoms with Crippen LogP contribution in [-0.4, -0.2) is 18.5 Å². The van der Waals surface area contributed by atoms with Crippen molar-refractivity contribution in [1.29, 1.82) is 5.26 Å². The number of esters is 1. The summed E-state index contributed by atoms with van der Waals surface area (Å²) in [6.07, 6.45) is 2.76. The monoisotopic (exact) mass is 310 g/mol. The molecule has 0 atom stereocenters. The molecule has 0 saturated heterocycles. The first-order valence-corrected chi connectivity index (χ1v) is 6.88. The average molecular weight is 310 g/mol. The van der Waals surface area contributed by atoms with Gasteiger partial charge in [-0.05, 0) is 31.2 Å². The summed E-state index contributed by atoms with van der Waals surface area (Å²) >= 11 is 0. The van der Waals surface area contributed by atoms with Gasteiger partial charge >= 0.3 is 5.97 Å². The molecule has 0 aliphatic rings. The fourth-order valence-corrected chi connectivity index (χ4v) is 1.83. The summed E-state index contributed by atoms with van der Waals surface area (Å²) < 4.78 is 10.0. The number of benzene rings is 1. The van der Waals surface area contributed by atoms with Crippen molar-refractivity contribution in [1.82, 2.24) is 0 Å². The molecule has 1 aromatic carbocycles. The highest BCUT2D eigenvalue weighted by atomic mass is 16.5. The zero-order valence-corrected chi connectivity index (χ0v) is 12.4. The van der Waals surface area contributed by atoms with Crippen molar-refractivity contribution in [2.24, 2.45) is 0 Å². The Labute approximate surface area is 133 Å². The maximum absolute atomic E-state index is 12.2. The van der Waals surface area contributed by atoms with Gasteiger partial charge in [-0.1, -0.05) is 12.1 Å². The van der Waals surface area contributed by atoms with E-state index < -0.39 is 11.9 Å². The van der Waals surface area contributed by atoms with Crippen molar-refractivity contribution >= 4 is 23.6 Å². The van der Waals surface area contributed by atoms with E-state index in [1.54, 1.807) is 37.3 Å². The Bertz CT molecular complexity index is 770. The SMILES string of the molecule is CCOC(=O)c1ccccc1NC(=O)C(C#N)=Cc1ccco1. The quantitative estimate of drug-likeness (QED) is 0.520. The number of carbonyl (C=O) groups is 2. The van der Waals surface area contributed by atoms with E-state index >= 15 is 0 Å². The molecule has 1 heterocycles. The van der Waals surface area contributed by atoms with Gasteiger partial charge in [0.2, 0.25) is 0 Å². The molecular formula is C17H14N2O4. The summed E-state index contributed by atoms with van der Waals surface area (Å²) in [4.78, 5) is 24.1. The second kappa shape index (κ2) is 7.61. The van der Waals surface area contributed by atoms with Gasteiger partial charge in [-0.2, -0.15) is 5.26 Å². The highest BCUT2D eigenvalue weighted by molar-refractivity contribution is 6.11. The fourth-order valence-electron chi connectivity index (χ4n) is 1.83. The predicted octanol–water partition coefficient (Wildman–Crippen LogP) is 3.00. The van der Waals surface area contributed by atoms with Crippen LogP contribution in [0.3, 0.4) is 0 Å². The first kappa shape index (κ1) is 16.0. The predicted molar refractivity (Wildman–Crippen MR) is 83.3 cm³/mol. The van der Waals surface area contributed by atoms with Crippen molar-refractivity contribution in [3.8, 4) is 6.07 Å². The normalized spacial score (nSPS) is 10.7. The molecule has 0 aliphatic heterocycles. The molecule has 0 saturated carbocycles. The van der Waals surface area contributed by atoms with Crippen LogP contribution >= 0.6 is 0 Å². The highest BCUT2D eigenvalue weighted by Crippen LogP contribution is 2.18. The number of nitrogens with zero attached hydrogens (tertiary/aromatic N) is 1. The molecule has 0 unspecified atom stereocenters. The minimum atomic E-state index is -0.638. The number of ether oxygens (including phenoxy) is 1. The van der Waals surface area contributed by atoms with Gasteiger partial charge in [0.25, 0.3) is 5.91 Å². The smallest absolute Gasteiger partial charge is 0.340 e. The van der Waals surface area contributed by atoms with Gasteiger partial charge in [-0.25, -0.2) is 4.79 Å². The fraction of sp³-hybridized carbons (Fsp3) is 0.118. The van der Waals surface area contributed by atoms with E-state index in [-0.39, 0.29) is 23.4 Å². The number of hydrogen-bond acceptors (Lipinski definition) is 5. The van der Waals surface area contributed by atoms with Gasteiger partial charge in [0.1, 0.15) is 17.4 Å². The Morgan fingerprint density at radius 1 is 1.30 bits per heavy atom. The Balaban J connectivity index is 2.23. The zero-order chi connectivity index (χ0) is 16.7. The lowest BCUT2D eigenvalue weighted by atomic mass is 10.1. The minimum absolute atomic E-state index is 0.140. The third kappa shape index (κ3) is 4.08. The van der Waals surface area contributed by atoms with E-state index in [4.69, 9.17) is 14.4 Å². The van der Waals surface area contributed by atoms with Gasteiger partial charge in [0.05, 0.1) is 24.1 Å². The summed E-state index contributed by atoms with van der Waals surface area (Å²) in [5.74, 6) is -0.798. The molecule has 0 aliphatic carbocycles. The highest BCUT2D eigenvalue weighted by Gasteiger charge is 2.16. The van der Waals surface area contributed by atoms with E-state index in [1.165, 1.54) is 18.4 Å². The Morgan fingerprint density at radius 2 is 2.09 bits per heavy atom. The molecule has 1 amide bonds. The first-order chi connectivity index (χ1) is 11.2. The summed E-state index contributed by atoms with van der Waals surface area (Å²) in [5.41, 5.74) is 0.355. The van der Waals surface area contributed by atoms with Gasteiger partial charge in [-0.15, -0.1) is 0 Å². The van der Waals surface area contributed by atoms with Gasteiger partial charge in [0, 0.05) is 6.08 Å². The second-order valence-electron chi connectivity index (χ2n) is 4.41. The lowest BCUT2D eigenvalue weighted by molar-refractivity contribution is -0.112. The van der Waals surface area contributed by atoms with Crippen molar-refractivity contribution in [3.05, 3.63) is 59.6 Å². The van der Waals surface area contributed by atoms with Crippen molar-refractivity contribution in [2.45, 2.75) is 6.92 Å². The molecule has 1 aromatic heterocycles. The van der Waals surface area contributed by atoms with Gasteiger partial charge < -0.3 is 14.5 Å². The van der Waals surface area contributed by atoms with E-state index in [9.17, 15) is 9.59 Å². The third-order valence-electron chi connectivity index (χ3n) is 2.87. The lowest BCUT2D eigenvalue weighted by Gasteiger charge is -2.09. The molecule has 116 valence electrons. The summed E-state index contributed by atoms with van der Waals surface area (Å²) in [5, 5.41) is 11.7. The van der Waals surface area contributed by atoms with Crippen LogP contribution in [-0.2, 0) is 9.53 Å². The molecule has 0 bridgehead atoms. The zero-order valence-electron chi connectivity index (χ0n) is 12.4. The number of nitriles is 1. The van der Waals surface area contributed by atoms with Crippen LogP contribution in [0.25, 0.3) is 6.08 Å². The number of carbonyl (C=O) groups excluding carboxylic acids is 2. The number of rotatable bonds is 5. The van der Waals surface area contributed by atoms with Gasteiger partial charge in [-0.3, -0.25) is 4.79 Å². The molecule has 1 N–H and O–H groups in total. The summed E-state index contributed by atoms with van der Waals surface area (Å²) in [6, 6.07) is 11.5. The van der Waals surface area contributed by atoms with E-state index in [1.807, 2.05) is 6.07 Å². The number of amides is 1. The molecule has 0 fully saturated rings. The maximum atomic E-state index is 12.2. The summed E-state index contributed by atoms with van der Waals surface area (Å²) in [6.45, 7) is 1.92. The van der Waals surface area contributed by atoms with Crippen LogP contribution < -0.4 is 5.32 Å². The molecule has 2 aromatic rings. The van der Waals surface area contributed by atoms with Crippen LogP contribution in [0.4, 0.5) is 5.69 Å². The topological polar surface area (TPSA) is 92.3 Å². The summed E-state index contributed by atoms with van der Waals surface area (Å²) in [7, 11) is 0. The van der Waals surface area contributed by atoms with Crippen LogP contribution in [0.15, 0.2) is 52.7 Å². The van der Waals surface area contributed by atoms with Crippen LogP contribution in [0.2, 0.25) is 0 Å². The number of para-hydroxylation sites is 1. The third-order valence-corrected chi connectivity index (χ3v) is 2.87. The van der Waals surface area contributed by atoms with Crippen molar-refractivity contribution < 1.29 is 18.7 Å². The molecule has 0 radical (unpaired) electrons. The Morgan fingerprint density at radius 3 is 2.74 bits per heavy atom. The van der Waals surface area contributed by atoms with Gasteiger partial charge in [0.15, 0.2) is 0 Å². The number of hydrogen-bond donors (Lipinski definition) is 1. The maximum Gasteiger partial charge on any atom is 0.340 e. The number of nitrogens with one attached hydrogen (secondary N) is 1. The van der Waals surface area contributed by atoms with Crippen LogP contribution in [0.1, 0.15) is 23.0 Å². The second-order valence-corrected chi connectivity index (χ2v) is 4.41. The van der Waals surface area contributed by atoms with E-state index in [0.717, 1.165) is 0 Å². The number of furan rings is 1. The van der Waals surface area contributed by atoms with Crippen molar-refractivity contribution in [2.75, 3.05) is 11.9 Å². The number of anilines is 1. The average Bonchev–Trinajstić information content (AvgIpc) is 3.06. The molecule has 6 heteroatoms. The van der Waals surface area contributed by atoms with Crippen LogP contribution in [0, 0.1) is 11.3 Å². The Hall–Kier alpha value is -3.33. The van der Waals surface area contributed by atoms with E-state index in [2.05, 4.69) is 5.32 Å². The van der Waals surface area contributed by atoms with E-state index in [0.29, 0.717) is 5.76 Å². The Kier molecular flexibility index (Phi) is 5.31.